The molecule has 0 spiro atoms. The largest absolute Gasteiger partial charge is 1.00 e. The second kappa shape index (κ2) is 12.9. The van der Waals surface area contributed by atoms with Crippen LogP contribution < -0.4 is 48.8 Å². The quantitative estimate of drug-likeness (QED) is 0.215. The maximum atomic E-state index is 11.6. The van der Waals surface area contributed by atoms with Gasteiger partial charge in [0.25, 0.3) is 0 Å². The Morgan fingerprint density at radius 1 is 0.800 bits per heavy atom. The molecule has 0 radical (unpaired) electrons. The Bertz CT molecular complexity index is 1520. The van der Waals surface area contributed by atoms with Gasteiger partial charge < -0.3 is 23.8 Å². The minimum absolute atomic E-state index is 0. The molecule has 202 valence electrons. The number of fused-ring (bicyclic) bond motifs is 2. The molecule has 7 nitrogen and oxygen atoms in total. The van der Waals surface area contributed by atoms with E-state index in [1.54, 1.807) is 26.0 Å². The van der Waals surface area contributed by atoms with Crippen molar-refractivity contribution in [2.45, 2.75) is 28.4 Å². The second-order valence-electron chi connectivity index (χ2n) is 9.20. The Morgan fingerprint density at radius 3 is 1.88 bits per heavy atom. The van der Waals surface area contributed by atoms with E-state index in [1.807, 2.05) is 66.7 Å². The van der Waals surface area contributed by atoms with Crippen molar-refractivity contribution < 1.29 is 52.0 Å². The van der Waals surface area contributed by atoms with Crippen LogP contribution in [0.4, 0.5) is 28.4 Å². The van der Waals surface area contributed by atoms with E-state index in [4.69, 9.17) is 9.47 Å². The van der Waals surface area contributed by atoms with Gasteiger partial charge in [-0.1, -0.05) is 23.9 Å². The molecule has 0 saturated carbocycles. The zero-order valence-electron chi connectivity index (χ0n) is 22.9. The summed E-state index contributed by atoms with van der Waals surface area (Å²) in [6, 6.07) is 30.0. The fourth-order valence-electron chi connectivity index (χ4n) is 4.56. The third kappa shape index (κ3) is 6.46. The molecule has 1 aliphatic heterocycles. The molecule has 0 aromatic heterocycles. The Morgan fingerprint density at radius 2 is 1.32 bits per heavy atom. The Balaban J connectivity index is 0.00000370. The van der Waals surface area contributed by atoms with Gasteiger partial charge >= 0.3 is 29.6 Å². The molecule has 1 heterocycles. The first kappa shape index (κ1) is 30.3. The fraction of sp³-hybridized carbons (Fsp3) is 0.200. The predicted octanol–water partition coefficient (Wildman–Crippen LogP) is 4.10. The van der Waals surface area contributed by atoms with Crippen molar-refractivity contribution in [2.24, 2.45) is 0 Å². The summed E-state index contributed by atoms with van der Waals surface area (Å²) in [6.45, 7) is 1.86. The van der Waals surface area contributed by atoms with Gasteiger partial charge in [-0.2, -0.15) is 0 Å². The average molecular weight is 585 g/mol. The van der Waals surface area contributed by atoms with Crippen molar-refractivity contribution in [1.82, 2.24) is 0 Å². The van der Waals surface area contributed by atoms with Crippen molar-refractivity contribution in [1.29, 1.82) is 0 Å². The van der Waals surface area contributed by atoms with Crippen LogP contribution in [0.3, 0.4) is 0 Å². The summed E-state index contributed by atoms with van der Waals surface area (Å²) in [6.07, 6.45) is 0.217. The van der Waals surface area contributed by atoms with Crippen LogP contribution in [0.5, 0.6) is 11.5 Å². The molecule has 0 aliphatic carbocycles. The van der Waals surface area contributed by atoms with E-state index in [1.165, 1.54) is 6.92 Å². The molecule has 0 fully saturated rings. The first-order chi connectivity index (χ1) is 18.8. The molecule has 0 amide bonds. The molecule has 10 heteroatoms. The van der Waals surface area contributed by atoms with Gasteiger partial charge in [-0.05, 0) is 92.2 Å². The summed E-state index contributed by atoms with van der Waals surface area (Å²) in [7, 11) is -1.09. The normalized spacial score (nSPS) is 12.9. The minimum atomic E-state index is -4.37. The summed E-state index contributed by atoms with van der Waals surface area (Å²) in [5, 5.41) is -0.985. The fourth-order valence-corrected chi connectivity index (χ4v) is 6.03. The van der Waals surface area contributed by atoms with Crippen molar-refractivity contribution >= 4 is 50.3 Å². The third-order valence-corrected chi connectivity index (χ3v) is 9.13. The van der Waals surface area contributed by atoms with E-state index in [-0.39, 0.29) is 36.0 Å². The van der Waals surface area contributed by atoms with Crippen LogP contribution in [-0.2, 0) is 10.1 Å². The van der Waals surface area contributed by atoms with E-state index in [0.717, 1.165) is 49.7 Å². The monoisotopic (exact) mass is 584 g/mol. The zero-order valence-corrected chi connectivity index (χ0v) is 26.5. The molecule has 1 aliphatic rings. The van der Waals surface area contributed by atoms with Crippen LogP contribution in [0.15, 0.2) is 101 Å². The molecule has 4 aromatic carbocycles. The number of hydrogen-bond acceptors (Lipinski definition) is 8. The number of anilines is 5. The van der Waals surface area contributed by atoms with Gasteiger partial charge in [0.2, 0.25) is 0 Å². The molecule has 0 saturated heterocycles. The van der Waals surface area contributed by atoms with Crippen molar-refractivity contribution in [2.75, 3.05) is 30.6 Å². The van der Waals surface area contributed by atoms with Crippen LogP contribution in [-0.4, -0.2) is 39.0 Å². The van der Waals surface area contributed by atoms with Gasteiger partial charge in [0.1, 0.15) is 11.5 Å². The van der Waals surface area contributed by atoms with Gasteiger partial charge in [-0.3, -0.25) is 0 Å². The molecular formula is C30H29N2NaO5S2. The Hall–Kier alpha value is -2.66. The second-order valence-corrected chi connectivity index (χ2v) is 12.1. The number of nitrogens with zero attached hydrogens (tertiary/aromatic N) is 2. The van der Waals surface area contributed by atoms with Crippen LogP contribution in [0.2, 0.25) is 0 Å². The summed E-state index contributed by atoms with van der Waals surface area (Å²) >= 11 is 1.67. The molecule has 0 bridgehead atoms. The van der Waals surface area contributed by atoms with Gasteiger partial charge in [0, 0.05) is 38.6 Å². The van der Waals surface area contributed by atoms with E-state index in [2.05, 4.69) is 34.1 Å². The molecule has 0 N–H and O–H groups in total. The van der Waals surface area contributed by atoms with E-state index in [9.17, 15) is 13.0 Å². The summed E-state index contributed by atoms with van der Waals surface area (Å²) in [4.78, 5) is 6.40. The maximum absolute atomic E-state index is 11.6. The van der Waals surface area contributed by atoms with E-state index >= 15 is 0 Å². The smallest absolute Gasteiger partial charge is 0.748 e. The average Bonchev–Trinajstić information content (AvgIpc) is 2.95. The zero-order chi connectivity index (χ0) is 27.6. The summed E-state index contributed by atoms with van der Waals surface area (Å²) in [5.74, 6) is 1.53. The molecule has 1 unspecified atom stereocenters. The molecule has 1 atom stereocenters. The number of benzene rings is 4. The SMILES string of the molecule is COc1ccc(N(c2ccc(OC)cc2)c2ccc3c(c2)N(CCC(C)S(=O)(=O)[O-])c2ccccc2S3)cc1.[Na+]. The van der Waals surface area contributed by atoms with Gasteiger partial charge in [0.05, 0.1) is 35.7 Å². The van der Waals surface area contributed by atoms with Gasteiger partial charge in [0.15, 0.2) is 0 Å². The first-order valence-electron chi connectivity index (χ1n) is 12.5. The molecular weight excluding hydrogens is 555 g/mol. The first-order valence-corrected chi connectivity index (χ1v) is 14.8. The third-order valence-electron chi connectivity index (χ3n) is 6.78. The number of methoxy groups -OCH3 is 2. The standard InChI is InChI=1S/C30H30N2O5S2.Na/c1-21(39(33,34)35)18-19-31-27-6-4-5-7-29(27)38-30-17-12-24(20-28(30)31)32(22-8-13-25(36-2)14-9-22)23-10-15-26(37-3)16-11-23;/h4-17,20-21H,18-19H2,1-3H3,(H,33,34,35);/q;+1/p-1. The Labute approximate surface area is 262 Å². The van der Waals surface area contributed by atoms with E-state index < -0.39 is 15.4 Å². The van der Waals surface area contributed by atoms with Crippen LogP contribution in [0.25, 0.3) is 0 Å². The molecule has 40 heavy (non-hydrogen) atoms. The minimum Gasteiger partial charge on any atom is -0.748 e. The number of rotatable bonds is 9. The van der Waals surface area contributed by atoms with Crippen molar-refractivity contribution in [3.63, 3.8) is 0 Å². The maximum Gasteiger partial charge on any atom is 1.00 e. The van der Waals surface area contributed by atoms with Gasteiger partial charge in [-0.15, -0.1) is 0 Å². The van der Waals surface area contributed by atoms with Gasteiger partial charge in [-0.25, -0.2) is 8.42 Å². The van der Waals surface area contributed by atoms with Crippen LogP contribution in [0.1, 0.15) is 13.3 Å². The van der Waals surface area contributed by atoms with Crippen molar-refractivity contribution in [3.05, 3.63) is 91.0 Å². The molecule has 4 aromatic rings. The van der Waals surface area contributed by atoms with Crippen molar-refractivity contribution in [3.8, 4) is 11.5 Å². The topological polar surface area (TPSA) is 82.1 Å². The number of ether oxygens (including phenoxy) is 2. The number of hydrogen-bond donors (Lipinski definition) is 0. The number of para-hydroxylation sites is 1. The van der Waals surface area contributed by atoms with Crippen LogP contribution >= 0.6 is 11.8 Å². The summed E-state index contributed by atoms with van der Waals surface area (Å²) in [5.41, 5.74) is 4.77. The predicted molar refractivity (Wildman–Crippen MR) is 156 cm³/mol. The Kier molecular flexibility index (Phi) is 9.76. The summed E-state index contributed by atoms with van der Waals surface area (Å²) < 4.78 is 45.7. The molecule has 5 rings (SSSR count). The van der Waals surface area contributed by atoms with E-state index in [0.29, 0.717) is 6.54 Å². The van der Waals surface area contributed by atoms with Crippen LogP contribution in [0, 0.1) is 0 Å².